The molecule has 0 spiro atoms. The molecule has 2 aromatic heterocycles. The van der Waals surface area contributed by atoms with Gasteiger partial charge in [-0.2, -0.15) is 0 Å². The van der Waals surface area contributed by atoms with Crippen molar-refractivity contribution in [2.24, 2.45) is 0 Å². The summed E-state index contributed by atoms with van der Waals surface area (Å²) < 4.78 is 11.0. The summed E-state index contributed by atoms with van der Waals surface area (Å²) in [6.07, 6.45) is 0. The standard InChI is InChI=1S/C9H5NO3/c11-9-12-8-5-6-3-1-2-4-7(6)10(8)13-9/h1-5H. The van der Waals surface area contributed by atoms with Crippen molar-refractivity contribution in [3.05, 3.63) is 40.9 Å². The zero-order chi connectivity index (χ0) is 8.84. The minimum atomic E-state index is -0.680. The first-order valence-electron chi connectivity index (χ1n) is 3.85. The van der Waals surface area contributed by atoms with Gasteiger partial charge in [-0.05, 0) is 6.07 Å². The van der Waals surface area contributed by atoms with E-state index in [4.69, 9.17) is 8.94 Å². The molecule has 4 nitrogen and oxygen atoms in total. The number of aromatic nitrogens is 1. The minimum absolute atomic E-state index is 0.436. The number of rotatable bonds is 0. The fourth-order valence-electron chi connectivity index (χ4n) is 1.45. The van der Waals surface area contributed by atoms with E-state index in [0.717, 1.165) is 10.9 Å². The quantitative estimate of drug-likeness (QED) is 0.521. The first-order chi connectivity index (χ1) is 6.34. The number of hydrogen-bond donors (Lipinski definition) is 0. The van der Waals surface area contributed by atoms with Gasteiger partial charge in [-0.3, -0.25) is 4.52 Å². The van der Waals surface area contributed by atoms with Crippen molar-refractivity contribution in [1.82, 2.24) is 4.57 Å². The van der Waals surface area contributed by atoms with Crippen LogP contribution in [0.4, 0.5) is 0 Å². The van der Waals surface area contributed by atoms with Crippen LogP contribution in [0.25, 0.3) is 16.6 Å². The number of benzene rings is 1. The first kappa shape index (κ1) is 6.54. The second kappa shape index (κ2) is 2.04. The smallest absolute Gasteiger partial charge is 0.373 e. The molecule has 0 aliphatic carbocycles. The van der Waals surface area contributed by atoms with E-state index >= 15 is 0 Å². The molecule has 0 N–H and O–H groups in total. The molecule has 3 rings (SSSR count). The van der Waals surface area contributed by atoms with E-state index in [1.807, 2.05) is 24.3 Å². The van der Waals surface area contributed by atoms with Crippen LogP contribution >= 0.6 is 0 Å². The topological polar surface area (TPSA) is 47.8 Å². The Labute approximate surface area is 71.9 Å². The third-order valence-electron chi connectivity index (χ3n) is 1.99. The zero-order valence-corrected chi connectivity index (χ0v) is 6.56. The molecule has 0 aliphatic heterocycles. The average molecular weight is 175 g/mol. The van der Waals surface area contributed by atoms with Crippen LogP contribution < -0.4 is 5.82 Å². The van der Waals surface area contributed by atoms with Crippen LogP contribution in [0.15, 0.2) is 44.1 Å². The van der Waals surface area contributed by atoms with Crippen LogP contribution in [-0.2, 0) is 0 Å². The fraction of sp³-hybridized carbons (Fsp3) is 0. The highest BCUT2D eigenvalue weighted by Crippen LogP contribution is 2.18. The lowest BCUT2D eigenvalue weighted by Crippen LogP contribution is -1.87. The summed E-state index contributed by atoms with van der Waals surface area (Å²) >= 11 is 0. The molecule has 0 atom stereocenters. The molecular formula is C9H5NO3. The van der Waals surface area contributed by atoms with Gasteiger partial charge in [-0.25, -0.2) is 4.79 Å². The Morgan fingerprint density at radius 2 is 2.08 bits per heavy atom. The first-order valence-corrected chi connectivity index (χ1v) is 3.85. The van der Waals surface area contributed by atoms with Gasteiger partial charge in [-0.15, -0.1) is 4.57 Å². The van der Waals surface area contributed by atoms with Crippen molar-refractivity contribution in [3.63, 3.8) is 0 Å². The highest BCUT2D eigenvalue weighted by Gasteiger charge is 2.07. The summed E-state index contributed by atoms with van der Waals surface area (Å²) in [6.45, 7) is 0. The van der Waals surface area contributed by atoms with Crippen molar-refractivity contribution in [2.45, 2.75) is 0 Å². The second-order valence-electron chi connectivity index (χ2n) is 2.78. The lowest BCUT2D eigenvalue weighted by molar-refractivity contribution is 0.314. The maximum atomic E-state index is 10.7. The van der Waals surface area contributed by atoms with E-state index in [-0.39, 0.29) is 0 Å². The van der Waals surface area contributed by atoms with Crippen molar-refractivity contribution in [2.75, 3.05) is 0 Å². The summed E-state index contributed by atoms with van der Waals surface area (Å²) in [5.41, 5.74) is 1.27. The Hall–Kier alpha value is -1.97. The van der Waals surface area contributed by atoms with Gasteiger partial charge in [0, 0.05) is 11.5 Å². The molecule has 0 saturated heterocycles. The molecule has 64 valence electrons. The van der Waals surface area contributed by atoms with Crippen LogP contribution in [0.2, 0.25) is 0 Å². The average Bonchev–Trinajstić information content (AvgIpc) is 2.60. The summed E-state index contributed by atoms with van der Waals surface area (Å²) in [4.78, 5) is 10.7. The molecule has 2 heterocycles. The zero-order valence-electron chi connectivity index (χ0n) is 6.56. The normalized spacial score (nSPS) is 11.4. The van der Waals surface area contributed by atoms with Crippen molar-refractivity contribution >= 4 is 16.6 Å². The maximum absolute atomic E-state index is 10.7. The van der Waals surface area contributed by atoms with Crippen LogP contribution in [0.5, 0.6) is 0 Å². The van der Waals surface area contributed by atoms with Gasteiger partial charge in [0.25, 0.3) is 0 Å². The van der Waals surface area contributed by atoms with E-state index in [0.29, 0.717) is 5.71 Å². The molecule has 0 saturated carbocycles. The van der Waals surface area contributed by atoms with Gasteiger partial charge >= 0.3 is 5.82 Å². The molecule has 1 aromatic carbocycles. The molecule has 3 aromatic rings. The third kappa shape index (κ3) is 0.767. The highest BCUT2D eigenvalue weighted by atomic mass is 16.6. The monoisotopic (exact) mass is 175 g/mol. The van der Waals surface area contributed by atoms with Crippen LogP contribution in [-0.4, -0.2) is 4.57 Å². The molecule has 0 bridgehead atoms. The van der Waals surface area contributed by atoms with E-state index in [1.54, 1.807) is 6.07 Å². The summed E-state index contributed by atoms with van der Waals surface area (Å²) in [6, 6.07) is 9.35. The van der Waals surface area contributed by atoms with E-state index in [1.165, 1.54) is 4.57 Å². The Morgan fingerprint density at radius 3 is 3.00 bits per heavy atom. The summed E-state index contributed by atoms with van der Waals surface area (Å²) in [5.74, 6) is -0.680. The van der Waals surface area contributed by atoms with E-state index in [9.17, 15) is 4.79 Å². The lowest BCUT2D eigenvalue weighted by atomic mass is 10.3. The number of fused-ring (bicyclic) bond motifs is 3. The van der Waals surface area contributed by atoms with Crippen LogP contribution in [0, 0.1) is 0 Å². The minimum Gasteiger partial charge on any atom is -0.373 e. The van der Waals surface area contributed by atoms with Gasteiger partial charge in [0.2, 0.25) is 5.71 Å². The maximum Gasteiger partial charge on any atom is 0.540 e. The fourth-order valence-corrected chi connectivity index (χ4v) is 1.45. The summed E-state index contributed by atoms with van der Waals surface area (Å²) in [7, 11) is 0. The SMILES string of the molecule is O=c1oc2cc3ccccc3n2o1. The number of para-hydroxylation sites is 1. The Kier molecular flexibility index (Phi) is 1.02. The van der Waals surface area contributed by atoms with Gasteiger partial charge < -0.3 is 4.42 Å². The van der Waals surface area contributed by atoms with Crippen LogP contribution in [0.1, 0.15) is 0 Å². The molecule has 0 radical (unpaired) electrons. The van der Waals surface area contributed by atoms with Gasteiger partial charge in [0.1, 0.15) is 0 Å². The third-order valence-corrected chi connectivity index (χ3v) is 1.99. The van der Waals surface area contributed by atoms with Crippen LogP contribution in [0.3, 0.4) is 0 Å². The predicted octanol–water partition coefficient (Wildman–Crippen LogP) is 1.64. The molecule has 0 fully saturated rings. The van der Waals surface area contributed by atoms with Gasteiger partial charge in [-0.1, -0.05) is 18.2 Å². The van der Waals surface area contributed by atoms with Crippen molar-refractivity contribution < 1.29 is 8.94 Å². The second-order valence-corrected chi connectivity index (χ2v) is 2.78. The highest BCUT2D eigenvalue weighted by molar-refractivity contribution is 5.84. The van der Waals surface area contributed by atoms with Gasteiger partial charge in [0.05, 0.1) is 5.52 Å². The van der Waals surface area contributed by atoms with Crippen molar-refractivity contribution in [3.8, 4) is 0 Å². The predicted molar refractivity (Wildman–Crippen MR) is 45.7 cm³/mol. The molecule has 13 heavy (non-hydrogen) atoms. The molecule has 0 aliphatic rings. The molecule has 0 amide bonds. The molecule has 4 heteroatoms. The molecular weight excluding hydrogens is 170 g/mol. The van der Waals surface area contributed by atoms with E-state index < -0.39 is 5.82 Å². The molecule has 0 unspecified atom stereocenters. The Bertz CT molecular complexity index is 629. The lowest BCUT2D eigenvalue weighted by Gasteiger charge is -1.85. The van der Waals surface area contributed by atoms with Gasteiger partial charge in [0.15, 0.2) is 0 Å². The van der Waals surface area contributed by atoms with E-state index in [2.05, 4.69) is 0 Å². The Balaban J connectivity index is 2.67. The largest absolute Gasteiger partial charge is 0.540 e. The Morgan fingerprint density at radius 1 is 1.23 bits per heavy atom. The summed E-state index contributed by atoms with van der Waals surface area (Å²) in [5, 5.41) is 0.991. The number of hydrogen-bond acceptors (Lipinski definition) is 3. The number of nitrogens with zero attached hydrogens (tertiary/aromatic N) is 1. The van der Waals surface area contributed by atoms with Crippen molar-refractivity contribution in [1.29, 1.82) is 0 Å².